The topological polar surface area (TPSA) is 88.9 Å². The predicted octanol–water partition coefficient (Wildman–Crippen LogP) is 4.31. The summed E-state index contributed by atoms with van der Waals surface area (Å²) in [4.78, 5) is 24.6. The Labute approximate surface area is 188 Å². The average Bonchev–Trinajstić information content (AvgIpc) is 3.12. The smallest absolute Gasteiger partial charge is 0.234 e. The quantitative estimate of drug-likeness (QED) is 0.488. The number of halogens is 2. The lowest BCUT2D eigenvalue weighted by molar-refractivity contribution is -0.116. The SMILES string of the molecule is CCn1c(CC(=O)Nc2ccccc2F)nnc1SCC(=O)Nc1cc(Cl)ccc1C. The monoisotopic (exact) mass is 461 g/mol. The predicted molar refractivity (Wildman–Crippen MR) is 120 cm³/mol. The van der Waals surface area contributed by atoms with E-state index in [0.29, 0.717) is 28.2 Å². The second-order valence-electron chi connectivity index (χ2n) is 6.64. The van der Waals surface area contributed by atoms with Crippen molar-refractivity contribution >= 4 is 46.6 Å². The molecule has 10 heteroatoms. The van der Waals surface area contributed by atoms with Gasteiger partial charge in [-0.25, -0.2) is 4.39 Å². The number of hydrogen-bond donors (Lipinski definition) is 2. The van der Waals surface area contributed by atoms with Gasteiger partial charge < -0.3 is 15.2 Å². The highest BCUT2D eigenvalue weighted by molar-refractivity contribution is 7.99. The highest BCUT2D eigenvalue weighted by Crippen LogP contribution is 2.22. The summed E-state index contributed by atoms with van der Waals surface area (Å²) in [6.45, 7) is 4.29. The molecule has 0 saturated carbocycles. The van der Waals surface area contributed by atoms with E-state index < -0.39 is 11.7 Å². The normalized spacial score (nSPS) is 10.7. The largest absolute Gasteiger partial charge is 0.325 e. The molecule has 1 heterocycles. The Bertz CT molecular complexity index is 1110. The summed E-state index contributed by atoms with van der Waals surface area (Å²) in [5.74, 6) is -0.571. The maximum atomic E-state index is 13.7. The molecule has 31 heavy (non-hydrogen) atoms. The van der Waals surface area contributed by atoms with E-state index in [-0.39, 0.29) is 23.8 Å². The maximum Gasteiger partial charge on any atom is 0.234 e. The van der Waals surface area contributed by atoms with Crippen LogP contribution in [0, 0.1) is 12.7 Å². The summed E-state index contributed by atoms with van der Waals surface area (Å²) in [5.41, 5.74) is 1.67. The first-order valence-corrected chi connectivity index (χ1v) is 10.9. The van der Waals surface area contributed by atoms with Crippen LogP contribution in [0.1, 0.15) is 18.3 Å². The van der Waals surface area contributed by atoms with Crippen LogP contribution in [0.25, 0.3) is 0 Å². The van der Waals surface area contributed by atoms with E-state index in [1.807, 2.05) is 19.9 Å². The van der Waals surface area contributed by atoms with Crippen molar-refractivity contribution in [2.75, 3.05) is 16.4 Å². The molecule has 0 radical (unpaired) electrons. The summed E-state index contributed by atoms with van der Waals surface area (Å²) in [6.07, 6.45) is -0.0658. The average molecular weight is 462 g/mol. The molecule has 2 aromatic carbocycles. The first kappa shape index (κ1) is 22.8. The first-order valence-electron chi connectivity index (χ1n) is 9.52. The zero-order chi connectivity index (χ0) is 22.4. The molecule has 0 spiro atoms. The van der Waals surface area contributed by atoms with Gasteiger partial charge in [0.25, 0.3) is 0 Å². The Morgan fingerprint density at radius 3 is 2.58 bits per heavy atom. The van der Waals surface area contributed by atoms with Crippen molar-refractivity contribution in [2.24, 2.45) is 0 Å². The van der Waals surface area contributed by atoms with E-state index in [1.165, 1.54) is 23.9 Å². The minimum Gasteiger partial charge on any atom is -0.325 e. The number of para-hydroxylation sites is 1. The number of nitrogens with one attached hydrogen (secondary N) is 2. The lowest BCUT2D eigenvalue weighted by Crippen LogP contribution is -2.18. The highest BCUT2D eigenvalue weighted by Gasteiger charge is 2.17. The van der Waals surface area contributed by atoms with E-state index in [0.717, 1.165) is 5.56 Å². The van der Waals surface area contributed by atoms with Gasteiger partial charge in [0.05, 0.1) is 17.9 Å². The number of anilines is 2. The number of aromatic nitrogens is 3. The van der Waals surface area contributed by atoms with Gasteiger partial charge in [-0.05, 0) is 43.7 Å². The molecule has 0 aliphatic heterocycles. The third-order valence-corrected chi connectivity index (χ3v) is 5.58. The molecule has 0 fully saturated rings. The van der Waals surface area contributed by atoms with Crippen LogP contribution in [0.3, 0.4) is 0 Å². The molecule has 3 rings (SSSR count). The molecule has 0 aliphatic rings. The van der Waals surface area contributed by atoms with Gasteiger partial charge in [0.15, 0.2) is 5.16 Å². The van der Waals surface area contributed by atoms with Crippen LogP contribution in [0.15, 0.2) is 47.6 Å². The summed E-state index contributed by atoms with van der Waals surface area (Å²) in [5, 5.41) is 14.6. The number of benzene rings is 2. The van der Waals surface area contributed by atoms with Gasteiger partial charge in [-0.3, -0.25) is 9.59 Å². The Kier molecular flexibility index (Phi) is 7.64. The fourth-order valence-corrected chi connectivity index (χ4v) is 3.81. The van der Waals surface area contributed by atoms with Crippen LogP contribution in [0.5, 0.6) is 0 Å². The molecule has 7 nitrogen and oxygen atoms in total. The Morgan fingerprint density at radius 2 is 1.84 bits per heavy atom. The maximum absolute atomic E-state index is 13.7. The fraction of sp³-hybridized carbons (Fsp3) is 0.238. The molecule has 2 amide bonds. The van der Waals surface area contributed by atoms with Gasteiger partial charge in [0.2, 0.25) is 11.8 Å². The Morgan fingerprint density at radius 1 is 1.10 bits per heavy atom. The number of amides is 2. The molecule has 0 unspecified atom stereocenters. The highest BCUT2D eigenvalue weighted by atomic mass is 35.5. The van der Waals surface area contributed by atoms with Gasteiger partial charge in [-0.15, -0.1) is 10.2 Å². The Hall–Kier alpha value is -2.91. The number of nitrogens with zero attached hydrogens (tertiary/aromatic N) is 3. The summed E-state index contributed by atoms with van der Waals surface area (Å²) in [7, 11) is 0. The number of carbonyl (C=O) groups is 2. The summed E-state index contributed by atoms with van der Waals surface area (Å²) in [6, 6.07) is 11.2. The van der Waals surface area contributed by atoms with Crippen molar-refractivity contribution in [3.8, 4) is 0 Å². The van der Waals surface area contributed by atoms with Crippen LogP contribution >= 0.6 is 23.4 Å². The van der Waals surface area contributed by atoms with E-state index >= 15 is 0 Å². The Balaban J connectivity index is 1.60. The summed E-state index contributed by atoms with van der Waals surface area (Å²) < 4.78 is 15.5. The molecule has 1 aromatic heterocycles. The van der Waals surface area contributed by atoms with Crippen molar-refractivity contribution in [1.29, 1.82) is 0 Å². The fourth-order valence-electron chi connectivity index (χ4n) is 2.82. The molecular formula is C21H21ClFN5O2S. The van der Waals surface area contributed by atoms with E-state index in [4.69, 9.17) is 11.6 Å². The number of rotatable bonds is 8. The molecular weight excluding hydrogens is 441 g/mol. The van der Waals surface area contributed by atoms with E-state index in [2.05, 4.69) is 20.8 Å². The van der Waals surface area contributed by atoms with Crippen molar-refractivity contribution in [3.63, 3.8) is 0 Å². The zero-order valence-corrected chi connectivity index (χ0v) is 18.6. The van der Waals surface area contributed by atoms with Crippen molar-refractivity contribution in [3.05, 3.63) is 64.7 Å². The molecule has 162 valence electrons. The van der Waals surface area contributed by atoms with Gasteiger partial charge >= 0.3 is 0 Å². The van der Waals surface area contributed by atoms with Crippen molar-refractivity contribution in [2.45, 2.75) is 32.0 Å². The number of carbonyl (C=O) groups excluding carboxylic acids is 2. The van der Waals surface area contributed by atoms with Crippen molar-refractivity contribution in [1.82, 2.24) is 14.8 Å². The number of thioether (sulfide) groups is 1. The van der Waals surface area contributed by atoms with Crippen LogP contribution in [-0.2, 0) is 22.6 Å². The molecule has 0 aliphatic carbocycles. The third-order valence-electron chi connectivity index (χ3n) is 4.38. The van der Waals surface area contributed by atoms with Crippen LogP contribution in [0.4, 0.5) is 15.8 Å². The lowest BCUT2D eigenvalue weighted by atomic mass is 10.2. The van der Waals surface area contributed by atoms with Crippen LogP contribution in [0.2, 0.25) is 5.02 Å². The molecule has 3 aromatic rings. The third kappa shape index (κ3) is 6.05. The number of aryl methyl sites for hydroxylation is 1. The first-order chi connectivity index (χ1) is 14.9. The molecule has 0 saturated heterocycles. The van der Waals surface area contributed by atoms with Gasteiger partial charge in [0.1, 0.15) is 11.6 Å². The van der Waals surface area contributed by atoms with Gasteiger partial charge in [0, 0.05) is 17.3 Å². The van der Waals surface area contributed by atoms with E-state index in [9.17, 15) is 14.0 Å². The minimum absolute atomic E-state index is 0.0658. The van der Waals surface area contributed by atoms with Gasteiger partial charge in [-0.2, -0.15) is 0 Å². The molecule has 0 bridgehead atoms. The van der Waals surface area contributed by atoms with Crippen molar-refractivity contribution < 1.29 is 14.0 Å². The minimum atomic E-state index is -0.509. The van der Waals surface area contributed by atoms with Gasteiger partial charge in [-0.1, -0.05) is 41.6 Å². The summed E-state index contributed by atoms with van der Waals surface area (Å²) >= 11 is 7.20. The molecule has 2 N–H and O–H groups in total. The number of hydrogen-bond acceptors (Lipinski definition) is 5. The van der Waals surface area contributed by atoms with Crippen LogP contribution in [-0.4, -0.2) is 32.3 Å². The standard InChI is InChI=1S/C21H21ClFN5O2S/c1-3-28-18(11-19(29)24-16-7-5-4-6-15(16)23)26-27-21(28)31-12-20(30)25-17-10-14(22)9-8-13(17)2/h4-10H,3,11-12H2,1-2H3,(H,24,29)(H,25,30). The second kappa shape index (κ2) is 10.4. The lowest BCUT2D eigenvalue weighted by Gasteiger charge is -2.10. The second-order valence-corrected chi connectivity index (χ2v) is 8.02. The zero-order valence-electron chi connectivity index (χ0n) is 17.0. The van der Waals surface area contributed by atoms with E-state index in [1.54, 1.807) is 28.8 Å². The molecule has 0 atom stereocenters. The van der Waals surface area contributed by atoms with Crippen LogP contribution < -0.4 is 10.6 Å².